The van der Waals surface area contributed by atoms with Crippen molar-refractivity contribution < 1.29 is 4.79 Å². The zero-order valence-corrected chi connectivity index (χ0v) is 13.5. The topological polar surface area (TPSA) is 95.6 Å². The molecule has 0 spiro atoms. The minimum absolute atomic E-state index is 0.164. The Kier molecular flexibility index (Phi) is 4.72. The molecule has 124 valence electrons. The number of aromatic nitrogens is 3. The summed E-state index contributed by atoms with van der Waals surface area (Å²) in [4.78, 5) is 16.0. The van der Waals surface area contributed by atoms with Crippen LogP contribution in [-0.4, -0.2) is 20.8 Å². The molecule has 0 aliphatic carbocycles. The summed E-state index contributed by atoms with van der Waals surface area (Å²) in [6.45, 7) is 1.91. The third-order valence-electron chi connectivity index (χ3n) is 3.70. The van der Waals surface area contributed by atoms with Crippen molar-refractivity contribution in [3.8, 4) is 11.8 Å². The zero-order valence-electron chi connectivity index (χ0n) is 13.5. The molecule has 0 saturated carbocycles. The van der Waals surface area contributed by atoms with Crippen molar-refractivity contribution in [3.63, 3.8) is 0 Å². The highest BCUT2D eigenvalue weighted by Crippen LogP contribution is 2.16. The Bertz CT molecular complexity index is 879. The molecule has 0 fully saturated rings. The van der Waals surface area contributed by atoms with E-state index in [2.05, 4.69) is 20.7 Å². The van der Waals surface area contributed by atoms with Crippen molar-refractivity contribution in [1.82, 2.24) is 20.1 Å². The molecule has 7 heteroatoms. The fourth-order valence-electron chi connectivity index (χ4n) is 2.33. The first-order valence-electron chi connectivity index (χ1n) is 7.68. The van der Waals surface area contributed by atoms with Crippen molar-refractivity contribution >= 4 is 11.7 Å². The summed E-state index contributed by atoms with van der Waals surface area (Å²) < 4.78 is 1.67. The molecule has 7 nitrogen and oxygen atoms in total. The highest BCUT2D eigenvalue weighted by Gasteiger charge is 2.10. The Hall–Kier alpha value is -3.66. The Labute approximate surface area is 144 Å². The minimum atomic E-state index is -0.308. The van der Waals surface area contributed by atoms with Crippen LogP contribution in [0.3, 0.4) is 0 Å². The van der Waals surface area contributed by atoms with Gasteiger partial charge in [0.25, 0.3) is 0 Å². The van der Waals surface area contributed by atoms with E-state index in [9.17, 15) is 4.79 Å². The monoisotopic (exact) mass is 332 g/mol. The number of hydrogen-bond acceptors (Lipinski definition) is 4. The van der Waals surface area contributed by atoms with E-state index in [4.69, 9.17) is 5.26 Å². The first-order chi connectivity index (χ1) is 12.2. The molecular formula is C18H16N6O. The number of benzene rings is 2. The second kappa shape index (κ2) is 7.27. The lowest BCUT2D eigenvalue weighted by atomic mass is 10.1. The lowest BCUT2D eigenvalue weighted by Gasteiger charge is -2.15. The van der Waals surface area contributed by atoms with Crippen molar-refractivity contribution in [2.75, 3.05) is 5.32 Å². The Morgan fingerprint density at radius 3 is 2.48 bits per heavy atom. The number of hydrogen-bond donors (Lipinski definition) is 2. The molecule has 2 amide bonds. The summed E-state index contributed by atoms with van der Waals surface area (Å²) in [5.41, 5.74) is 3.05. The smallest absolute Gasteiger partial charge is 0.319 e. The minimum Gasteiger partial charge on any atom is -0.331 e. The van der Waals surface area contributed by atoms with E-state index >= 15 is 0 Å². The first kappa shape index (κ1) is 16.2. The Morgan fingerprint density at radius 2 is 1.88 bits per heavy atom. The SMILES string of the molecule is CC(NC(=O)Nc1ccc(C#N)cc1)c1ccc(-n2cncn2)cc1. The molecule has 2 aromatic carbocycles. The number of nitrogens with zero attached hydrogens (tertiary/aromatic N) is 4. The molecule has 0 aliphatic rings. The normalized spacial score (nSPS) is 11.4. The van der Waals surface area contributed by atoms with Crippen molar-refractivity contribution in [3.05, 3.63) is 72.3 Å². The Morgan fingerprint density at radius 1 is 1.16 bits per heavy atom. The highest BCUT2D eigenvalue weighted by molar-refractivity contribution is 5.89. The largest absolute Gasteiger partial charge is 0.331 e. The molecular weight excluding hydrogens is 316 g/mol. The molecule has 3 aromatic rings. The van der Waals surface area contributed by atoms with Gasteiger partial charge < -0.3 is 10.6 Å². The maximum Gasteiger partial charge on any atom is 0.319 e. The van der Waals surface area contributed by atoms with E-state index in [-0.39, 0.29) is 12.1 Å². The van der Waals surface area contributed by atoms with Gasteiger partial charge >= 0.3 is 6.03 Å². The molecule has 1 heterocycles. The van der Waals surface area contributed by atoms with Crippen LogP contribution in [0.15, 0.2) is 61.2 Å². The van der Waals surface area contributed by atoms with E-state index in [1.807, 2.05) is 37.3 Å². The van der Waals surface area contributed by atoms with Crippen molar-refractivity contribution in [2.45, 2.75) is 13.0 Å². The molecule has 25 heavy (non-hydrogen) atoms. The van der Waals surface area contributed by atoms with Gasteiger partial charge in [-0.05, 0) is 48.9 Å². The van der Waals surface area contributed by atoms with Gasteiger partial charge in [-0.3, -0.25) is 0 Å². The predicted molar refractivity (Wildman–Crippen MR) is 93.1 cm³/mol. The van der Waals surface area contributed by atoms with Crippen LogP contribution in [-0.2, 0) is 0 Å². The number of anilines is 1. The van der Waals surface area contributed by atoms with Crippen LogP contribution in [0.25, 0.3) is 5.69 Å². The fourth-order valence-corrected chi connectivity index (χ4v) is 2.33. The van der Waals surface area contributed by atoms with E-state index in [0.717, 1.165) is 11.3 Å². The number of amides is 2. The zero-order chi connectivity index (χ0) is 17.6. The maximum absolute atomic E-state index is 12.1. The van der Waals surface area contributed by atoms with E-state index in [1.54, 1.807) is 35.3 Å². The third-order valence-corrected chi connectivity index (χ3v) is 3.70. The van der Waals surface area contributed by atoms with Gasteiger partial charge in [-0.2, -0.15) is 10.4 Å². The number of carbonyl (C=O) groups is 1. The fraction of sp³-hybridized carbons (Fsp3) is 0.111. The first-order valence-corrected chi connectivity index (χ1v) is 7.68. The number of nitriles is 1. The number of carbonyl (C=O) groups excluding carboxylic acids is 1. The van der Waals surface area contributed by atoms with Crippen molar-refractivity contribution in [1.29, 1.82) is 5.26 Å². The van der Waals surface area contributed by atoms with Gasteiger partial charge in [-0.25, -0.2) is 14.5 Å². The van der Waals surface area contributed by atoms with Crippen LogP contribution in [0, 0.1) is 11.3 Å². The van der Waals surface area contributed by atoms with Crippen LogP contribution in [0.1, 0.15) is 24.1 Å². The molecule has 0 bridgehead atoms. The third kappa shape index (κ3) is 4.00. The predicted octanol–water partition coefficient (Wildman–Crippen LogP) is 3.02. The molecule has 0 radical (unpaired) electrons. The molecule has 1 unspecified atom stereocenters. The summed E-state index contributed by atoms with van der Waals surface area (Å²) in [6, 6.07) is 16.0. The quantitative estimate of drug-likeness (QED) is 0.767. The van der Waals surface area contributed by atoms with Gasteiger partial charge in [0.2, 0.25) is 0 Å². The second-order valence-corrected chi connectivity index (χ2v) is 5.44. The van der Waals surface area contributed by atoms with Gasteiger partial charge in [0.15, 0.2) is 0 Å². The highest BCUT2D eigenvalue weighted by atomic mass is 16.2. The average molecular weight is 332 g/mol. The molecule has 0 saturated heterocycles. The number of urea groups is 1. The van der Waals surface area contributed by atoms with Crippen LogP contribution in [0.2, 0.25) is 0 Å². The van der Waals surface area contributed by atoms with Gasteiger partial charge in [-0.15, -0.1) is 0 Å². The maximum atomic E-state index is 12.1. The lowest BCUT2D eigenvalue weighted by Crippen LogP contribution is -2.31. The standard InChI is InChI=1S/C18H16N6O/c1-13(15-4-8-17(9-5-15)24-12-20-11-21-24)22-18(25)23-16-6-2-14(10-19)3-7-16/h2-9,11-13H,1H3,(H2,22,23,25). The Balaban J connectivity index is 1.60. The van der Waals surface area contributed by atoms with E-state index in [1.165, 1.54) is 6.33 Å². The van der Waals surface area contributed by atoms with Crippen LogP contribution >= 0.6 is 0 Å². The summed E-state index contributed by atoms with van der Waals surface area (Å²) in [6.07, 6.45) is 3.10. The second-order valence-electron chi connectivity index (χ2n) is 5.44. The average Bonchev–Trinajstić information content (AvgIpc) is 3.17. The van der Waals surface area contributed by atoms with Crippen LogP contribution in [0.4, 0.5) is 10.5 Å². The van der Waals surface area contributed by atoms with Crippen LogP contribution < -0.4 is 10.6 Å². The summed E-state index contributed by atoms with van der Waals surface area (Å²) in [5, 5.41) is 18.5. The lowest BCUT2D eigenvalue weighted by molar-refractivity contribution is 0.249. The summed E-state index contributed by atoms with van der Waals surface area (Å²) in [5.74, 6) is 0. The molecule has 0 aliphatic heterocycles. The summed E-state index contributed by atoms with van der Waals surface area (Å²) in [7, 11) is 0. The van der Waals surface area contributed by atoms with Gasteiger partial charge in [0.1, 0.15) is 12.7 Å². The molecule has 1 atom stereocenters. The summed E-state index contributed by atoms with van der Waals surface area (Å²) >= 11 is 0. The number of nitrogens with one attached hydrogen (secondary N) is 2. The van der Waals surface area contributed by atoms with Gasteiger partial charge in [-0.1, -0.05) is 12.1 Å². The molecule has 2 N–H and O–H groups in total. The van der Waals surface area contributed by atoms with E-state index in [0.29, 0.717) is 11.3 Å². The van der Waals surface area contributed by atoms with Crippen LogP contribution in [0.5, 0.6) is 0 Å². The van der Waals surface area contributed by atoms with Crippen molar-refractivity contribution in [2.24, 2.45) is 0 Å². The van der Waals surface area contributed by atoms with E-state index < -0.39 is 0 Å². The van der Waals surface area contributed by atoms with Gasteiger partial charge in [0, 0.05) is 5.69 Å². The number of rotatable bonds is 4. The molecule has 3 rings (SSSR count). The molecule has 1 aromatic heterocycles. The van der Waals surface area contributed by atoms with Gasteiger partial charge in [0.05, 0.1) is 23.4 Å².